The molecule has 3 nitrogen and oxygen atoms in total. The lowest BCUT2D eigenvalue weighted by Crippen LogP contribution is -3.00. The molecule has 0 fully saturated rings. The lowest BCUT2D eigenvalue weighted by atomic mass is 10.2. The van der Waals surface area contributed by atoms with Gasteiger partial charge in [-0.3, -0.25) is 0 Å². The van der Waals surface area contributed by atoms with Crippen molar-refractivity contribution in [2.75, 3.05) is 26.4 Å². The summed E-state index contributed by atoms with van der Waals surface area (Å²) in [5.41, 5.74) is 0.982. The Labute approximate surface area is 137 Å². The molecule has 0 saturated heterocycles. The fourth-order valence-electron chi connectivity index (χ4n) is 1.72. The smallest absolute Gasteiger partial charge is 0.142 e. The van der Waals surface area contributed by atoms with Crippen molar-refractivity contribution in [2.45, 2.75) is 26.8 Å². The average Bonchev–Trinajstić information content (AvgIpc) is 2.37. The standard InChI is InChI=1S/C14H21Cl2NO2.ClH/c1-3-18-7-5-6-17-10-11-8-12(15)9-13(16)14(11)19-4-2;/h8-9,17H,3-7,10H2,1-2H3;1H/p-1. The maximum Gasteiger partial charge on any atom is 0.142 e. The first-order valence-electron chi connectivity index (χ1n) is 6.58. The van der Waals surface area contributed by atoms with Crippen LogP contribution in [0.4, 0.5) is 0 Å². The van der Waals surface area contributed by atoms with E-state index >= 15 is 0 Å². The Bertz CT molecular complexity index is 389. The van der Waals surface area contributed by atoms with Gasteiger partial charge in [-0.25, -0.2) is 0 Å². The van der Waals surface area contributed by atoms with Gasteiger partial charge in [-0.15, -0.1) is 0 Å². The van der Waals surface area contributed by atoms with Gasteiger partial charge in [0.25, 0.3) is 0 Å². The minimum Gasteiger partial charge on any atom is -1.00 e. The van der Waals surface area contributed by atoms with Crippen molar-refractivity contribution in [3.05, 3.63) is 27.7 Å². The number of rotatable bonds is 9. The Morgan fingerprint density at radius 1 is 1.15 bits per heavy atom. The Morgan fingerprint density at radius 3 is 2.55 bits per heavy atom. The highest BCUT2D eigenvalue weighted by Crippen LogP contribution is 2.32. The quantitative estimate of drug-likeness (QED) is 0.677. The summed E-state index contributed by atoms with van der Waals surface area (Å²) in [6, 6.07) is 3.58. The molecule has 0 heterocycles. The van der Waals surface area contributed by atoms with Crippen molar-refractivity contribution in [3.8, 4) is 5.75 Å². The summed E-state index contributed by atoms with van der Waals surface area (Å²) in [6.45, 7) is 7.62. The number of halogens is 3. The molecule has 0 amide bonds. The van der Waals surface area contributed by atoms with Crippen LogP contribution in [0.3, 0.4) is 0 Å². The zero-order valence-electron chi connectivity index (χ0n) is 11.8. The first-order valence-corrected chi connectivity index (χ1v) is 7.33. The van der Waals surface area contributed by atoms with Gasteiger partial charge in [0.05, 0.1) is 11.6 Å². The van der Waals surface area contributed by atoms with Gasteiger partial charge in [0, 0.05) is 30.3 Å². The van der Waals surface area contributed by atoms with Crippen LogP contribution in [0.2, 0.25) is 10.0 Å². The monoisotopic (exact) mass is 340 g/mol. The summed E-state index contributed by atoms with van der Waals surface area (Å²) < 4.78 is 10.8. The molecule has 1 rings (SSSR count). The van der Waals surface area contributed by atoms with E-state index in [1.807, 2.05) is 19.9 Å². The van der Waals surface area contributed by atoms with Crippen LogP contribution in [0.15, 0.2) is 12.1 Å². The Morgan fingerprint density at radius 2 is 1.90 bits per heavy atom. The van der Waals surface area contributed by atoms with E-state index in [1.54, 1.807) is 6.07 Å². The van der Waals surface area contributed by atoms with Crippen LogP contribution in [-0.4, -0.2) is 26.4 Å². The minimum atomic E-state index is 0. The van der Waals surface area contributed by atoms with Gasteiger partial charge in [-0.1, -0.05) is 23.2 Å². The summed E-state index contributed by atoms with van der Waals surface area (Å²) in [6.07, 6.45) is 0.978. The van der Waals surface area contributed by atoms with Crippen molar-refractivity contribution >= 4 is 23.2 Å². The molecule has 0 unspecified atom stereocenters. The van der Waals surface area contributed by atoms with Gasteiger partial charge >= 0.3 is 0 Å². The third kappa shape index (κ3) is 7.00. The van der Waals surface area contributed by atoms with E-state index in [0.29, 0.717) is 28.9 Å². The normalized spacial score (nSPS) is 10.2. The zero-order chi connectivity index (χ0) is 14.1. The van der Waals surface area contributed by atoms with Crippen molar-refractivity contribution in [3.63, 3.8) is 0 Å². The topological polar surface area (TPSA) is 30.5 Å². The fourth-order valence-corrected chi connectivity index (χ4v) is 2.31. The summed E-state index contributed by atoms with van der Waals surface area (Å²) in [4.78, 5) is 0. The van der Waals surface area contributed by atoms with Crippen LogP contribution >= 0.6 is 23.2 Å². The second-order valence-corrected chi connectivity index (χ2v) is 4.88. The molecule has 0 aliphatic rings. The van der Waals surface area contributed by atoms with Gasteiger partial charge < -0.3 is 27.2 Å². The van der Waals surface area contributed by atoms with Crippen LogP contribution in [0.1, 0.15) is 25.8 Å². The van der Waals surface area contributed by atoms with E-state index in [-0.39, 0.29) is 12.4 Å². The summed E-state index contributed by atoms with van der Waals surface area (Å²) in [5.74, 6) is 0.714. The van der Waals surface area contributed by atoms with Crippen LogP contribution < -0.4 is 22.5 Å². The molecule has 0 bridgehead atoms. The largest absolute Gasteiger partial charge is 1.00 e. The number of ether oxygens (including phenoxy) is 2. The SMILES string of the molecule is CCOCCCNCc1cc(Cl)cc(Cl)c1OCC.[Cl-]. The summed E-state index contributed by atoms with van der Waals surface area (Å²) >= 11 is 12.2. The van der Waals surface area contributed by atoms with E-state index in [4.69, 9.17) is 32.7 Å². The lowest BCUT2D eigenvalue weighted by molar-refractivity contribution is -0.00000522. The molecule has 6 heteroatoms. The zero-order valence-corrected chi connectivity index (χ0v) is 14.1. The molecule has 0 saturated carbocycles. The minimum absolute atomic E-state index is 0. The molecule has 0 spiro atoms. The molecule has 0 aliphatic carbocycles. The molecule has 20 heavy (non-hydrogen) atoms. The third-order valence-corrected chi connectivity index (χ3v) is 3.03. The van der Waals surface area contributed by atoms with Crippen LogP contribution in [0, 0.1) is 0 Å². The highest BCUT2D eigenvalue weighted by atomic mass is 35.5. The molecule has 1 N–H and O–H groups in total. The predicted molar refractivity (Wildman–Crippen MR) is 80.4 cm³/mol. The van der Waals surface area contributed by atoms with E-state index in [1.165, 1.54) is 0 Å². The highest BCUT2D eigenvalue weighted by Gasteiger charge is 2.10. The third-order valence-electron chi connectivity index (χ3n) is 2.54. The highest BCUT2D eigenvalue weighted by molar-refractivity contribution is 6.35. The van der Waals surface area contributed by atoms with Gasteiger partial charge in [-0.2, -0.15) is 0 Å². The van der Waals surface area contributed by atoms with Crippen molar-refractivity contribution < 1.29 is 21.9 Å². The molecule has 1 aromatic carbocycles. The maximum absolute atomic E-state index is 6.14. The number of benzene rings is 1. The summed E-state index contributed by atoms with van der Waals surface area (Å²) in [7, 11) is 0. The molecule has 1 aromatic rings. The van der Waals surface area contributed by atoms with Crippen molar-refractivity contribution in [1.29, 1.82) is 0 Å². The second kappa shape index (κ2) is 11.5. The molecule has 0 radical (unpaired) electrons. The van der Waals surface area contributed by atoms with Gasteiger partial charge in [-0.05, 0) is 38.9 Å². The van der Waals surface area contributed by atoms with Gasteiger partial charge in [0.1, 0.15) is 5.75 Å². The molecule has 116 valence electrons. The number of hydrogen-bond donors (Lipinski definition) is 1. The first kappa shape index (κ1) is 19.8. The molecule has 0 atom stereocenters. The average molecular weight is 342 g/mol. The molecule has 0 aliphatic heterocycles. The lowest BCUT2D eigenvalue weighted by Gasteiger charge is -2.13. The second-order valence-electron chi connectivity index (χ2n) is 4.04. The number of hydrogen-bond acceptors (Lipinski definition) is 3. The van der Waals surface area contributed by atoms with E-state index in [9.17, 15) is 0 Å². The van der Waals surface area contributed by atoms with E-state index in [2.05, 4.69) is 5.32 Å². The molecular weight excluding hydrogens is 321 g/mol. The predicted octanol–water partition coefficient (Wildman–Crippen LogP) is 0.912. The van der Waals surface area contributed by atoms with Crippen molar-refractivity contribution in [1.82, 2.24) is 5.32 Å². The Hall–Kier alpha value is -0.190. The van der Waals surface area contributed by atoms with Gasteiger partial charge in [0.15, 0.2) is 0 Å². The molecular formula is C14H21Cl3NO2-. The van der Waals surface area contributed by atoms with E-state index < -0.39 is 0 Å². The fraction of sp³-hybridized carbons (Fsp3) is 0.571. The summed E-state index contributed by atoms with van der Waals surface area (Å²) in [5, 5.41) is 4.52. The Kier molecular flexibility index (Phi) is 11.4. The number of nitrogens with one attached hydrogen (secondary N) is 1. The van der Waals surface area contributed by atoms with Crippen LogP contribution in [-0.2, 0) is 11.3 Å². The van der Waals surface area contributed by atoms with Crippen molar-refractivity contribution in [2.24, 2.45) is 0 Å². The first-order chi connectivity index (χ1) is 9.19. The Balaban J connectivity index is 0.00000361. The molecule has 0 aromatic heterocycles. The maximum atomic E-state index is 6.14. The van der Waals surface area contributed by atoms with Crippen LogP contribution in [0.25, 0.3) is 0 Å². The van der Waals surface area contributed by atoms with E-state index in [0.717, 1.165) is 31.7 Å². The van der Waals surface area contributed by atoms with Gasteiger partial charge in [0.2, 0.25) is 0 Å². The van der Waals surface area contributed by atoms with Crippen LogP contribution in [0.5, 0.6) is 5.75 Å².